The van der Waals surface area contributed by atoms with Gasteiger partial charge in [-0.15, -0.1) is 0 Å². The van der Waals surface area contributed by atoms with Gasteiger partial charge >= 0.3 is 6.03 Å². The quantitative estimate of drug-likeness (QED) is 0.812. The summed E-state index contributed by atoms with van der Waals surface area (Å²) in [5, 5.41) is 2.93. The summed E-state index contributed by atoms with van der Waals surface area (Å²) in [5.41, 5.74) is 0.571. The second-order valence-corrected chi connectivity index (χ2v) is 5.99. The van der Waals surface area contributed by atoms with Gasteiger partial charge in [0.05, 0.1) is 11.6 Å². The van der Waals surface area contributed by atoms with Crippen LogP contribution in [-0.2, 0) is 0 Å². The van der Waals surface area contributed by atoms with Crippen molar-refractivity contribution in [3.63, 3.8) is 0 Å². The smallest absolute Gasteiger partial charge is 0.317 e. The summed E-state index contributed by atoms with van der Waals surface area (Å²) in [4.78, 5) is 43.8. The molecule has 1 aliphatic carbocycles. The molecule has 4 amide bonds. The number of fused-ring (bicyclic) bond motifs is 1. The van der Waals surface area contributed by atoms with Crippen molar-refractivity contribution < 1.29 is 14.4 Å². The van der Waals surface area contributed by atoms with E-state index in [1.54, 1.807) is 17.0 Å². The normalized spacial score (nSPS) is 23.9. The number of rotatable bonds is 2. The maximum Gasteiger partial charge on any atom is 0.317 e. The van der Waals surface area contributed by atoms with Gasteiger partial charge in [0.15, 0.2) is 0 Å². The fourth-order valence-electron chi connectivity index (χ4n) is 3.05. The van der Waals surface area contributed by atoms with Gasteiger partial charge in [0.1, 0.15) is 5.69 Å². The minimum atomic E-state index is -0.352. The van der Waals surface area contributed by atoms with Crippen LogP contribution in [0, 0.1) is 0 Å². The zero-order chi connectivity index (χ0) is 15.3. The van der Waals surface area contributed by atoms with E-state index in [4.69, 9.17) is 0 Å². The van der Waals surface area contributed by atoms with Crippen molar-refractivity contribution in [3.8, 4) is 0 Å². The van der Waals surface area contributed by atoms with Gasteiger partial charge in [0.25, 0.3) is 11.8 Å². The molecular weight excluding hydrogens is 284 g/mol. The van der Waals surface area contributed by atoms with E-state index < -0.39 is 0 Å². The van der Waals surface area contributed by atoms with E-state index in [0.29, 0.717) is 31.1 Å². The lowest BCUT2D eigenvalue weighted by Crippen LogP contribution is -2.44. The first-order chi connectivity index (χ1) is 10.6. The van der Waals surface area contributed by atoms with Crippen LogP contribution in [0.5, 0.6) is 0 Å². The van der Waals surface area contributed by atoms with Crippen molar-refractivity contribution in [1.82, 2.24) is 20.1 Å². The van der Waals surface area contributed by atoms with Crippen LogP contribution in [0.3, 0.4) is 0 Å². The third-order valence-electron chi connectivity index (χ3n) is 4.40. The van der Waals surface area contributed by atoms with E-state index in [0.717, 1.165) is 12.8 Å². The Bertz CT molecular complexity index is 636. The molecule has 3 aliphatic rings. The first-order valence-corrected chi connectivity index (χ1v) is 7.53. The highest BCUT2D eigenvalue weighted by Crippen LogP contribution is 2.27. The van der Waals surface area contributed by atoms with Crippen LogP contribution in [0.2, 0.25) is 0 Å². The lowest BCUT2D eigenvalue weighted by Gasteiger charge is -2.22. The summed E-state index contributed by atoms with van der Waals surface area (Å²) in [6.07, 6.45) is 4.20. The number of carbonyl (C=O) groups excluding carboxylic acids is 3. The number of hydrogen-bond acceptors (Lipinski definition) is 4. The zero-order valence-corrected chi connectivity index (χ0v) is 12.0. The third-order valence-corrected chi connectivity index (χ3v) is 4.40. The minimum Gasteiger partial charge on any atom is -0.335 e. The molecule has 1 aromatic heterocycles. The maximum absolute atomic E-state index is 12.4. The number of nitrogens with zero attached hydrogens (tertiary/aromatic N) is 3. The van der Waals surface area contributed by atoms with Gasteiger partial charge in [-0.3, -0.25) is 19.5 Å². The summed E-state index contributed by atoms with van der Waals surface area (Å²) < 4.78 is 0. The van der Waals surface area contributed by atoms with Gasteiger partial charge in [-0.05, 0) is 31.4 Å². The number of amides is 4. The van der Waals surface area contributed by atoms with Crippen LogP contribution >= 0.6 is 0 Å². The Hall–Kier alpha value is -2.44. The largest absolute Gasteiger partial charge is 0.335 e. The molecule has 1 saturated heterocycles. The van der Waals surface area contributed by atoms with E-state index in [1.807, 2.05) is 0 Å². The third kappa shape index (κ3) is 2.04. The predicted octanol–water partition coefficient (Wildman–Crippen LogP) is 0.624. The van der Waals surface area contributed by atoms with Crippen LogP contribution in [0.15, 0.2) is 18.3 Å². The highest BCUT2D eigenvalue weighted by Gasteiger charge is 2.44. The molecule has 0 bridgehead atoms. The molecule has 3 heterocycles. The number of hydrogen-bond donors (Lipinski definition) is 1. The Morgan fingerprint density at radius 2 is 2.05 bits per heavy atom. The molecular formula is C15H16N4O3. The molecule has 114 valence electrons. The molecule has 7 heteroatoms. The van der Waals surface area contributed by atoms with Crippen LogP contribution in [0.4, 0.5) is 4.79 Å². The monoisotopic (exact) mass is 300 g/mol. The van der Waals surface area contributed by atoms with Crippen LogP contribution in [-0.4, -0.2) is 57.8 Å². The minimum absolute atomic E-state index is 0.0975. The molecule has 2 fully saturated rings. The standard InChI is InChI=1S/C15H16N4O3/c20-13-11-2-1-6-16-12(11)14(21)19(13)10-5-7-18(8-10)15(22)17-9-3-4-9/h1-2,6,9-10H,3-5,7-8H2,(H,17,22). The van der Waals surface area contributed by atoms with Crippen LogP contribution < -0.4 is 5.32 Å². The molecule has 4 rings (SSSR count). The zero-order valence-electron chi connectivity index (χ0n) is 12.0. The summed E-state index contributed by atoms with van der Waals surface area (Å²) in [5.74, 6) is -0.655. The number of nitrogens with one attached hydrogen (secondary N) is 1. The van der Waals surface area contributed by atoms with E-state index in [2.05, 4.69) is 10.3 Å². The van der Waals surface area contributed by atoms with Crippen LogP contribution in [0.25, 0.3) is 0 Å². The molecule has 7 nitrogen and oxygen atoms in total. The Labute approximate surface area is 127 Å². The number of urea groups is 1. The average molecular weight is 300 g/mol. The summed E-state index contributed by atoms with van der Waals surface area (Å²) in [6, 6.07) is 3.21. The van der Waals surface area contributed by atoms with Crippen molar-refractivity contribution >= 4 is 17.8 Å². The number of aromatic nitrogens is 1. The molecule has 22 heavy (non-hydrogen) atoms. The molecule has 1 N–H and O–H groups in total. The SMILES string of the molecule is O=C(NC1CC1)N1CCC(N2C(=O)c3cccnc3C2=O)C1. The summed E-state index contributed by atoms with van der Waals surface area (Å²) in [7, 11) is 0. The van der Waals surface area contributed by atoms with Crippen LogP contribution in [0.1, 0.15) is 40.1 Å². The van der Waals surface area contributed by atoms with E-state index in [-0.39, 0.29) is 29.6 Å². The van der Waals surface area contributed by atoms with Gasteiger partial charge in [-0.25, -0.2) is 4.79 Å². The van der Waals surface area contributed by atoms with Crippen molar-refractivity contribution in [2.45, 2.75) is 31.3 Å². The lowest BCUT2D eigenvalue weighted by atomic mass is 10.2. The molecule has 1 saturated carbocycles. The number of pyridine rings is 1. The van der Waals surface area contributed by atoms with Crippen molar-refractivity contribution in [1.29, 1.82) is 0 Å². The highest BCUT2D eigenvalue weighted by molar-refractivity contribution is 6.20. The van der Waals surface area contributed by atoms with Crippen molar-refractivity contribution in [2.75, 3.05) is 13.1 Å². The summed E-state index contributed by atoms with van der Waals surface area (Å²) >= 11 is 0. The molecule has 1 atom stereocenters. The van der Waals surface area contributed by atoms with Gasteiger partial charge in [-0.2, -0.15) is 0 Å². The lowest BCUT2D eigenvalue weighted by molar-refractivity contribution is 0.0588. The molecule has 1 aromatic rings. The maximum atomic E-state index is 12.4. The van der Waals surface area contributed by atoms with E-state index >= 15 is 0 Å². The molecule has 0 spiro atoms. The number of likely N-dealkylation sites (tertiary alicyclic amines) is 1. The van der Waals surface area contributed by atoms with Gasteiger partial charge < -0.3 is 10.2 Å². The molecule has 0 aromatic carbocycles. The van der Waals surface area contributed by atoms with Gasteiger partial charge in [0, 0.05) is 25.3 Å². The average Bonchev–Trinajstić information content (AvgIpc) is 3.13. The second-order valence-electron chi connectivity index (χ2n) is 5.99. The first kappa shape index (κ1) is 13.2. The fraction of sp³-hybridized carbons (Fsp3) is 0.467. The fourth-order valence-corrected chi connectivity index (χ4v) is 3.05. The molecule has 1 unspecified atom stereocenters. The summed E-state index contributed by atoms with van der Waals surface area (Å²) in [6.45, 7) is 0.952. The Kier molecular flexibility index (Phi) is 2.88. The van der Waals surface area contributed by atoms with E-state index in [1.165, 1.54) is 11.1 Å². The predicted molar refractivity (Wildman–Crippen MR) is 76.3 cm³/mol. The highest BCUT2D eigenvalue weighted by atomic mass is 16.2. The van der Waals surface area contributed by atoms with E-state index in [9.17, 15) is 14.4 Å². The van der Waals surface area contributed by atoms with Gasteiger partial charge in [-0.1, -0.05) is 0 Å². The number of carbonyl (C=O) groups is 3. The first-order valence-electron chi connectivity index (χ1n) is 7.53. The topological polar surface area (TPSA) is 82.6 Å². The van der Waals surface area contributed by atoms with Crippen molar-refractivity contribution in [2.24, 2.45) is 0 Å². The molecule has 2 aliphatic heterocycles. The Morgan fingerprint density at radius 1 is 1.23 bits per heavy atom. The molecule has 0 radical (unpaired) electrons. The van der Waals surface area contributed by atoms with Gasteiger partial charge in [0.2, 0.25) is 0 Å². The number of imide groups is 1. The van der Waals surface area contributed by atoms with Crippen molar-refractivity contribution in [3.05, 3.63) is 29.6 Å². The second kappa shape index (κ2) is 4.79. The Morgan fingerprint density at radius 3 is 2.77 bits per heavy atom. The Balaban J connectivity index is 1.48.